The van der Waals surface area contributed by atoms with Gasteiger partial charge in [0, 0.05) is 13.1 Å². The first kappa shape index (κ1) is 29.4. The number of carbonyl (C=O) groups is 1. The third kappa shape index (κ3) is 8.36. The van der Waals surface area contributed by atoms with Crippen LogP contribution in [-0.4, -0.2) is 74.8 Å². The third-order valence-electron chi connectivity index (χ3n) is 4.87. The van der Waals surface area contributed by atoms with Crippen molar-refractivity contribution >= 4 is 26.3 Å². The average molecular weight is 555 g/mol. The zero-order valence-corrected chi connectivity index (χ0v) is 20.9. The molecule has 2 aromatic rings. The summed E-state index contributed by atoms with van der Waals surface area (Å²) in [6.45, 7) is 3.45. The summed E-state index contributed by atoms with van der Waals surface area (Å²) in [5.74, 6) is -1.80. The number of sulfonamides is 1. The molecule has 0 aliphatic rings. The van der Waals surface area contributed by atoms with E-state index in [1.807, 2.05) is 0 Å². The van der Waals surface area contributed by atoms with Crippen molar-refractivity contribution in [2.75, 3.05) is 24.6 Å². The van der Waals surface area contributed by atoms with Crippen molar-refractivity contribution < 1.29 is 49.5 Å². The number of alkyl halides is 3. The Morgan fingerprint density at radius 2 is 1.36 bits per heavy atom. The van der Waals surface area contributed by atoms with Crippen molar-refractivity contribution in [1.29, 1.82) is 0 Å². The van der Waals surface area contributed by atoms with Gasteiger partial charge >= 0.3 is 6.36 Å². The van der Waals surface area contributed by atoms with Gasteiger partial charge < -0.3 is 9.47 Å². The molecule has 10 nitrogen and oxygen atoms in total. The quantitative estimate of drug-likeness (QED) is 0.227. The first-order valence-corrected chi connectivity index (χ1v) is 13.7. The highest BCUT2D eigenvalue weighted by atomic mass is 32.2. The van der Waals surface area contributed by atoms with Gasteiger partial charge in [0.2, 0.25) is 16.4 Å². The molecule has 0 spiro atoms. The zero-order chi connectivity index (χ0) is 27.1. The number of ether oxygens (including phenoxy) is 2. The summed E-state index contributed by atoms with van der Waals surface area (Å²) in [5, 5.41) is 9.85. The van der Waals surface area contributed by atoms with Gasteiger partial charge in [-0.05, 0) is 48.5 Å². The Balaban J connectivity index is 2.15. The van der Waals surface area contributed by atoms with Crippen LogP contribution in [0.5, 0.6) is 17.2 Å². The van der Waals surface area contributed by atoms with E-state index in [9.17, 15) is 40.0 Å². The minimum Gasteiger partial charge on any atom is -0.457 e. The highest BCUT2D eigenvalue weighted by molar-refractivity contribution is 7.91. The lowest BCUT2D eigenvalue weighted by Gasteiger charge is -2.26. The van der Waals surface area contributed by atoms with Gasteiger partial charge in [0.05, 0.1) is 22.4 Å². The lowest BCUT2D eigenvalue weighted by Crippen LogP contribution is -2.46. The van der Waals surface area contributed by atoms with Crippen LogP contribution in [0.25, 0.3) is 0 Å². The molecule has 2 aromatic carbocycles. The smallest absolute Gasteiger partial charge is 0.457 e. The molecule has 0 saturated carbocycles. The summed E-state index contributed by atoms with van der Waals surface area (Å²) in [7, 11) is -8.13. The van der Waals surface area contributed by atoms with Crippen molar-refractivity contribution in [2.45, 2.75) is 31.1 Å². The lowest BCUT2D eigenvalue weighted by atomic mass is 10.3. The summed E-state index contributed by atoms with van der Waals surface area (Å²) in [5.41, 5.74) is 0. The zero-order valence-electron chi connectivity index (χ0n) is 19.3. The molecule has 0 aromatic heterocycles. The number of benzene rings is 2. The Bertz CT molecular complexity index is 1220. The largest absolute Gasteiger partial charge is 0.573 e. The first-order valence-electron chi connectivity index (χ1n) is 10.5. The SMILES string of the molecule is CCN(CC)S(=O)(=O)CC(CS(=O)(=O)c1ccc(Oc2ccc(OC(F)(F)F)cc2)cc1)N(O)C=O. The Labute approximate surface area is 206 Å². The molecule has 1 N–H and O–H groups in total. The topological polar surface area (TPSA) is 131 Å². The van der Waals surface area contributed by atoms with Crippen LogP contribution in [0.3, 0.4) is 0 Å². The number of halogens is 3. The normalized spacial score (nSPS) is 13.3. The fourth-order valence-corrected chi connectivity index (χ4v) is 6.59. The van der Waals surface area contributed by atoms with E-state index in [4.69, 9.17) is 4.74 Å². The van der Waals surface area contributed by atoms with Crippen LogP contribution in [0.15, 0.2) is 53.4 Å². The molecule has 1 atom stereocenters. The maximum Gasteiger partial charge on any atom is 0.573 e. The second-order valence-corrected chi connectivity index (χ2v) is 11.4. The summed E-state index contributed by atoms with van der Waals surface area (Å²) in [4.78, 5) is 10.8. The van der Waals surface area contributed by atoms with Gasteiger partial charge in [-0.15, -0.1) is 13.2 Å². The van der Waals surface area contributed by atoms with Crippen molar-refractivity contribution in [1.82, 2.24) is 9.37 Å². The summed E-state index contributed by atoms with van der Waals surface area (Å²) in [6, 6.07) is 7.88. The number of nitrogens with zero attached hydrogens (tertiary/aromatic N) is 2. The minimum absolute atomic E-state index is 0.0161. The van der Waals surface area contributed by atoms with Gasteiger partial charge in [-0.3, -0.25) is 10.0 Å². The van der Waals surface area contributed by atoms with Crippen LogP contribution in [0.4, 0.5) is 13.2 Å². The van der Waals surface area contributed by atoms with Gasteiger partial charge in [0.15, 0.2) is 9.84 Å². The molecule has 0 aliphatic carbocycles. The first-order chi connectivity index (χ1) is 16.7. The fraction of sp³-hybridized carbons (Fsp3) is 0.381. The van der Waals surface area contributed by atoms with Crippen LogP contribution >= 0.6 is 0 Å². The molecule has 1 amide bonds. The molecule has 36 heavy (non-hydrogen) atoms. The van der Waals surface area contributed by atoms with E-state index in [1.165, 1.54) is 36.4 Å². The second-order valence-electron chi connectivity index (χ2n) is 7.38. The van der Waals surface area contributed by atoms with Gasteiger partial charge in [-0.1, -0.05) is 13.8 Å². The highest BCUT2D eigenvalue weighted by Gasteiger charge is 2.32. The minimum atomic E-state index is -4.84. The van der Waals surface area contributed by atoms with Crippen LogP contribution in [-0.2, 0) is 24.7 Å². The molecule has 0 saturated heterocycles. The molecule has 15 heteroatoms. The Morgan fingerprint density at radius 3 is 1.81 bits per heavy atom. The molecular weight excluding hydrogens is 529 g/mol. The summed E-state index contributed by atoms with van der Waals surface area (Å²) < 4.78 is 97.9. The highest BCUT2D eigenvalue weighted by Crippen LogP contribution is 2.28. The van der Waals surface area contributed by atoms with Gasteiger partial charge in [0.1, 0.15) is 17.2 Å². The molecule has 0 heterocycles. The van der Waals surface area contributed by atoms with Crippen LogP contribution in [0, 0.1) is 0 Å². The second kappa shape index (κ2) is 11.9. The summed E-state index contributed by atoms with van der Waals surface area (Å²) >= 11 is 0. The number of rotatable bonds is 13. The fourth-order valence-electron chi connectivity index (χ4n) is 3.16. The molecule has 200 valence electrons. The summed E-state index contributed by atoms with van der Waals surface area (Å²) in [6.07, 6.45) is -4.91. The number of amides is 1. The number of hydrogen-bond acceptors (Lipinski definition) is 8. The predicted octanol–water partition coefficient (Wildman–Crippen LogP) is 3.04. The molecule has 0 aliphatic heterocycles. The third-order valence-corrected chi connectivity index (χ3v) is 8.79. The van der Waals surface area contributed by atoms with E-state index < -0.39 is 49.5 Å². The van der Waals surface area contributed by atoms with Gasteiger partial charge in [-0.2, -0.15) is 0 Å². The van der Waals surface area contributed by atoms with Crippen molar-refractivity contribution in [3.63, 3.8) is 0 Å². The molecule has 2 rings (SSSR count). The van der Waals surface area contributed by atoms with Crippen LogP contribution in [0.1, 0.15) is 13.8 Å². The van der Waals surface area contributed by atoms with Crippen molar-refractivity contribution in [2.24, 2.45) is 0 Å². The van der Waals surface area contributed by atoms with Gasteiger partial charge in [0.25, 0.3) is 0 Å². The predicted molar refractivity (Wildman–Crippen MR) is 122 cm³/mol. The number of carbonyl (C=O) groups excluding carboxylic acids is 1. The standard InChI is InChI=1S/C21H25F3N2O8S2/c1-3-25(4-2)36(31,32)14-16(26(28)15-27)13-35(29,30)20-11-9-18(10-12-20)33-17-5-7-19(8-6-17)34-21(22,23)24/h5-12,15-16,28H,3-4,13-14H2,1-2H3. The lowest BCUT2D eigenvalue weighted by molar-refractivity contribution is -0.274. The Hall–Kier alpha value is -2.88. The van der Waals surface area contributed by atoms with E-state index in [0.717, 1.165) is 16.4 Å². The maximum absolute atomic E-state index is 12.9. The van der Waals surface area contributed by atoms with Crippen LogP contribution in [0.2, 0.25) is 0 Å². The van der Waals surface area contributed by atoms with Crippen LogP contribution < -0.4 is 9.47 Å². The Kier molecular flexibility index (Phi) is 9.70. The van der Waals surface area contributed by atoms with Gasteiger partial charge in [-0.25, -0.2) is 26.2 Å². The molecular formula is C21H25F3N2O8S2. The molecule has 0 bridgehead atoms. The number of hydrogen-bond donors (Lipinski definition) is 1. The van der Waals surface area contributed by atoms with E-state index in [1.54, 1.807) is 13.8 Å². The Morgan fingerprint density at radius 1 is 0.889 bits per heavy atom. The van der Waals surface area contributed by atoms with Crippen molar-refractivity contribution in [3.05, 3.63) is 48.5 Å². The van der Waals surface area contributed by atoms with E-state index in [0.29, 0.717) is 0 Å². The average Bonchev–Trinajstić information content (AvgIpc) is 2.79. The number of sulfone groups is 1. The van der Waals surface area contributed by atoms with Crippen molar-refractivity contribution in [3.8, 4) is 17.2 Å². The maximum atomic E-state index is 12.9. The monoisotopic (exact) mass is 554 g/mol. The van der Waals surface area contributed by atoms with E-state index >= 15 is 0 Å². The number of hydroxylamine groups is 2. The van der Waals surface area contributed by atoms with E-state index in [2.05, 4.69) is 4.74 Å². The molecule has 0 fully saturated rings. The van der Waals surface area contributed by atoms with E-state index in [-0.39, 0.29) is 41.0 Å². The molecule has 1 unspecified atom stereocenters. The molecule has 0 radical (unpaired) electrons.